The molecule has 1 N–H and O–H groups in total. The molecular formula is C25H28N4O3. The predicted octanol–water partition coefficient (Wildman–Crippen LogP) is 3.05. The van der Waals surface area contributed by atoms with Crippen LogP contribution in [0.5, 0.6) is 0 Å². The topological polar surface area (TPSA) is 93.5 Å². The molecule has 0 bridgehead atoms. The Bertz CT molecular complexity index is 1070. The monoisotopic (exact) mass is 432 g/mol. The summed E-state index contributed by atoms with van der Waals surface area (Å²) in [6.07, 6.45) is 2.11. The molecule has 0 aliphatic carbocycles. The molecule has 2 aromatic carbocycles. The van der Waals surface area contributed by atoms with Crippen molar-refractivity contribution in [3.05, 3.63) is 70.3 Å². The second-order valence-corrected chi connectivity index (χ2v) is 8.28. The fourth-order valence-corrected chi connectivity index (χ4v) is 3.81. The minimum absolute atomic E-state index is 0.00488. The Morgan fingerprint density at radius 3 is 2.47 bits per heavy atom. The molecule has 1 unspecified atom stereocenters. The number of nitrogens with zero attached hydrogens (tertiary/aromatic N) is 3. The summed E-state index contributed by atoms with van der Waals surface area (Å²) in [5.41, 5.74) is 2.90. The van der Waals surface area contributed by atoms with E-state index in [1.165, 1.54) is 4.90 Å². The van der Waals surface area contributed by atoms with E-state index in [9.17, 15) is 19.6 Å². The number of nitriles is 1. The van der Waals surface area contributed by atoms with Crippen molar-refractivity contribution in [1.82, 2.24) is 15.1 Å². The standard InChI is InChI=1S/C25H28N4O3/c1-17-13-20(9-10-21(17)25(32)29-11-4-5-12-29)24(31)27-22(15-23(30)28(2)3)19-8-6-7-18(14-19)16-26/h6-10,13-14,22H,4-5,11-12,15H2,1-3H3,(H,27,31). The van der Waals surface area contributed by atoms with Gasteiger partial charge in [-0.15, -0.1) is 0 Å². The fourth-order valence-electron chi connectivity index (χ4n) is 3.81. The lowest BCUT2D eigenvalue weighted by molar-refractivity contribution is -0.129. The Hall–Kier alpha value is -3.66. The zero-order valence-electron chi connectivity index (χ0n) is 18.7. The largest absolute Gasteiger partial charge is 0.349 e. The Morgan fingerprint density at radius 1 is 1.12 bits per heavy atom. The first kappa shape index (κ1) is 23.0. The van der Waals surface area contributed by atoms with E-state index in [0.29, 0.717) is 22.3 Å². The number of nitrogens with one attached hydrogen (secondary N) is 1. The molecule has 1 atom stereocenters. The molecule has 0 aromatic heterocycles. The van der Waals surface area contributed by atoms with Gasteiger partial charge in [0.05, 0.1) is 24.1 Å². The molecule has 0 radical (unpaired) electrons. The van der Waals surface area contributed by atoms with Crippen LogP contribution in [0.25, 0.3) is 0 Å². The molecular weight excluding hydrogens is 404 g/mol. The fraction of sp³-hybridized carbons (Fsp3) is 0.360. The van der Waals surface area contributed by atoms with Gasteiger partial charge < -0.3 is 15.1 Å². The average molecular weight is 433 g/mol. The lowest BCUT2D eigenvalue weighted by Crippen LogP contribution is -2.33. The first-order valence-corrected chi connectivity index (χ1v) is 10.7. The zero-order chi connectivity index (χ0) is 23.3. The summed E-state index contributed by atoms with van der Waals surface area (Å²) >= 11 is 0. The third-order valence-corrected chi connectivity index (χ3v) is 5.71. The third kappa shape index (κ3) is 5.33. The van der Waals surface area contributed by atoms with Gasteiger partial charge in [0.25, 0.3) is 11.8 Å². The van der Waals surface area contributed by atoms with E-state index in [-0.39, 0.29) is 24.1 Å². The zero-order valence-corrected chi connectivity index (χ0v) is 18.7. The van der Waals surface area contributed by atoms with Gasteiger partial charge in [-0.1, -0.05) is 12.1 Å². The molecule has 1 aliphatic heterocycles. The molecule has 3 rings (SSSR count). The van der Waals surface area contributed by atoms with Gasteiger partial charge in [-0.25, -0.2) is 0 Å². The molecule has 3 amide bonds. The molecule has 7 nitrogen and oxygen atoms in total. The Kier molecular flexibility index (Phi) is 7.26. The maximum absolute atomic E-state index is 13.0. The van der Waals surface area contributed by atoms with Crippen molar-refractivity contribution >= 4 is 17.7 Å². The molecule has 1 saturated heterocycles. The smallest absolute Gasteiger partial charge is 0.254 e. The van der Waals surface area contributed by atoms with E-state index in [1.54, 1.807) is 56.6 Å². The summed E-state index contributed by atoms with van der Waals surface area (Å²) in [6.45, 7) is 3.36. The van der Waals surface area contributed by atoms with Crippen molar-refractivity contribution < 1.29 is 14.4 Å². The van der Waals surface area contributed by atoms with E-state index in [2.05, 4.69) is 11.4 Å². The van der Waals surface area contributed by atoms with Crippen molar-refractivity contribution in [3.8, 4) is 6.07 Å². The Balaban J connectivity index is 1.82. The van der Waals surface area contributed by atoms with E-state index in [1.807, 2.05) is 11.8 Å². The van der Waals surface area contributed by atoms with Crippen LogP contribution >= 0.6 is 0 Å². The van der Waals surface area contributed by atoms with Crippen molar-refractivity contribution in [2.75, 3.05) is 27.2 Å². The van der Waals surface area contributed by atoms with E-state index in [4.69, 9.17) is 0 Å². The summed E-state index contributed by atoms with van der Waals surface area (Å²) in [4.78, 5) is 41.4. The number of aryl methyl sites for hydroxylation is 1. The molecule has 2 aromatic rings. The van der Waals surface area contributed by atoms with Crippen molar-refractivity contribution in [3.63, 3.8) is 0 Å². The molecule has 0 saturated carbocycles. The predicted molar refractivity (Wildman–Crippen MR) is 121 cm³/mol. The summed E-state index contributed by atoms with van der Waals surface area (Å²) in [5.74, 6) is -0.484. The number of amides is 3. The lowest BCUT2D eigenvalue weighted by Gasteiger charge is -2.21. The lowest BCUT2D eigenvalue weighted by atomic mass is 9.99. The summed E-state index contributed by atoms with van der Waals surface area (Å²) < 4.78 is 0. The maximum atomic E-state index is 13.0. The van der Waals surface area contributed by atoms with E-state index < -0.39 is 6.04 Å². The molecule has 1 fully saturated rings. The highest BCUT2D eigenvalue weighted by Crippen LogP contribution is 2.21. The van der Waals surface area contributed by atoms with Gasteiger partial charge in [-0.05, 0) is 61.2 Å². The highest BCUT2D eigenvalue weighted by molar-refractivity contribution is 5.99. The van der Waals surface area contributed by atoms with Gasteiger partial charge in [-0.3, -0.25) is 14.4 Å². The Morgan fingerprint density at radius 2 is 1.84 bits per heavy atom. The normalized spacial score (nSPS) is 13.9. The third-order valence-electron chi connectivity index (χ3n) is 5.71. The van der Waals surface area contributed by atoms with Gasteiger partial charge in [0.15, 0.2) is 0 Å². The number of hydrogen-bond acceptors (Lipinski definition) is 4. The Labute approximate surface area is 188 Å². The minimum atomic E-state index is -0.586. The number of hydrogen-bond donors (Lipinski definition) is 1. The highest BCUT2D eigenvalue weighted by Gasteiger charge is 2.23. The highest BCUT2D eigenvalue weighted by atomic mass is 16.2. The first-order valence-electron chi connectivity index (χ1n) is 10.7. The van der Waals surface area contributed by atoms with Crippen LogP contribution in [0.2, 0.25) is 0 Å². The number of carbonyl (C=O) groups is 3. The number of likely N-dealkylation sites (tertiary alicyclic amines) is 1. The van der Waals surface area contributed by atoms with Crippen molar-refractivity contribution in [1.29, 1.82) is 5.26 Å². The van der Waals surface area contributed by atoms with Crippen molar-refractivity contribution in [2.45, 2.75) is 32.2 Å². The van der Waals surface area contributed by atoms with Crippen LogP contribution in [0.4, 0.5) is 0 Å². The SMILES string of the molecule is Cc1cc(C(=O)NC(CC(=O)N(C)C)c2cccc(C#N)c2)ccc1C(=O)N1CCCC1. The van der Waals surface area contributed by atoms with E-state index in [0.717, 1.165) is 31.5 Å². The van der Waals surface area contributed by atoms with Crippen LogP contribution in [0.3, 0.4) is 0 Å². The quantitative estimate of drug-likeness (QED) is 0.759. The van der Waals surface area contributed by atoms with Gasteiger partial charge in [0.1, 0.15) is 0 Å². The number of rotatable bonds is 6. The second-order valence-electron chi connectivity index (χ2n) is 8.28. The molecule has 1 heterocycles. The van der Waals surface area contributed by atoms with Gasteiger partial charge in [-0.2, -0.15) is 5.26 Å². The van der Waals surface area contributed by atoms with Crippen LogP contribution in [0.15, 0.2) is 42.5 Å². The van der Waals surface area contributed by atoms with Crippen LogP contribution < -0.4 is 5.32 Å². The molecule has 1 aliphatic rings. The van der Waals surface area contributed by atoms with Crippen LogP contribution in [-0.2, 0) is 4.79 Å². The molecule has 7 heteroatoms. The van der Waals surface area contributed by atoms with Gasteiger partial charge >= 0.3 is 0 Å². The first-order chi connectivity index (χ1) is 15.3. The van der Waals surface area contributed by atoms with Gasteiger partial charge in [0, 0.05) is 38.3 Å². The van der Waals surface area contributed by atoms with Crippen LogP contribution in [-0.4, -0.2) is 54.7 Å². The number of benzene rings is 2. The summed E-state index contributed by atoms with van der Waals surface area (Å²) in [6, 6.07) is 13.4. The molecule has 0 spiro atoms. The van der Waals surface area contributed by atoms with Crippen LogP contribution in [0.1, 0.15) is 62.7 Å². The second kappa shape index (κ2) is 10.1. The molecule has 32 heavy (non-hydrogen) atoms. The van der Waals surface area contributed by atoms with Gasteiger partial charge in [0.2, 0.25) is 5.91 Å². The average Bonchev–Trinajstić information content (AvgIpc) is 3.33. The van der Waals surface area contributed by atoms with Crippen LogP contribution in [0, 0.1) is 18.3 Å². The van der Waals surface area contributed by atoms with Crippen molar-refractivity contribution in [2.24, 2.45) is 0 Å². The molecule has 166 valence electrons. The van der Waals surface area contributed by atoms with E-state index >= 15 is 0 Å². The summed E-state index contributed by atoms with van der Waals surface area (Å²) in [7, 11) is 3.32. The maximum Gasteiger partial charge on any atom is 0.254 e. The minimum Gasteiger partial charge on any atom is -0.349 e. The summed E-state index contributed by atoms with van der Waals surface area (Å²) in [5, 5.41) is 12.1. The number of carbonyl (C=O) groups excluding carboxylic acids is 3.